The quantitative estimate of drug-likeness (QED) is 0.487. The lowest BCUT2D eigenvalue weighted by Gasteiger charge is -2.25. The van der Waals surface area contributed by atoms with Crippen molar-refractivity contribution < 1.29 is 22.7 Å². The van der Waals surface area contributed by atoms with E-state index in [0.29, 0.717) is 17.9 Å². The number of nitrogens with one attached hydrogen (secondary N) is 2. The smallest absolute Gasteiger partial charge is 0.329 e. The van der Waals surface area contributed by atoms with Crippen LogP contribution in [-0.4, -0.2) is 40.1 Å². The second-order valence-corrected chi connectivity index (χ2v) is 10.5. The minimum absolute atomic E-state index is 0.198. The Morgan fingerprint density at radius 1 is 1.03 bits per heavy atom. The first kappa shape index (κ1) is 25.2. The van der Waals surface area contributed by atoms with E-state index in [0.717, 1.165) is 28.9 Å². The summed E-state index contributed by atoms with van der Waals surface area (Å²) in [7, 11) is -2.35. The first-order chi connectivity index (χ1) is 17.2. The number of carbonyl (C=O) groups excluding carboxylic acids is 2. The molecule has 0 saturated carbocycles. The summed E-state index contributed by atoms with van der Waals surface area (Å²) in [6.07, 6.45) is 0.960. The zero-order valence-electron chi connectivity index (χ0n) is 20.2. The number of benzene rings is 3. The Morgan fingerprint density at radius 3 is 2.50 bits per heavy atom. The van der Waals surface area contributed by atoms with Gasteiger partial charge >= 0.3 is 6.03 Å². The SMILES string of the molecule is Cc1ccccc1CS(=O)(=O)NC(=O)N[C@@H](Cc1ccccc1)C(=O)N(C)c1ccc2c(c1)CCO2. The van der Waals surface area contributed by atoms with Crippen molar-refractivity contribution in [2.24, 2.45) is 0 Å². The van der Waals surface area contributed by atoms with E-state index in [1.54, 1.807) is 38.2 Å². The van der Waals surface area contributed by atoms with Gasteiger partial charge in [-0.1, -0.05) is 54.6 Å². The van der Waals surface area contributed by atoms with E-state index in [4.69, 9.17) is 4.74 Å². The van der Waals surface area contributed by atoms with E-state index in [-0.39, 0.29) is 18.1 Å². The van der Waals surface area contributed by atoms with E-state index in [1.807, 2.05) is 48.5 Å². The van der Waals surface area contributed by atoms with Gasteiger partial charge in [0.25, 0.3) is 0 Å². The second-order valence-electron chi connectivity index (χ2n) is 8.79. The van der Waals surface area contributed by atoms with Crippen molar-refractivity contribution in [1.29, 1.82) is 0 Å². The zero-order chi connectivity index (χ0) is 25.7. The average Bonchev–Trinajstić information content (AvgIpc) is 3.32. The van der Waals surface area contributed by atoms with Gasteiger partial charge in [-0.25, -0.2) is 17.9 Å². The number of urea groups is 1. The van der Waals surface area contributed by atoms with Crippen LogP contribution in [0.15, 0.2) is 72.8 Å². The summed E-state index contributed by atoms with van der Waals surface area (Å²) in [5.41, 5.74) is 3.91. The maximum atomic E-state index is 13.5. The Morgan fingerprint density at radius 2 is 1.75 bits per heavy atom. The molecule has 0 aromatic heterocycles. The van der Waals surface area contributed by atoms with Crippen molar-refractivity contribution in [3.8, 4) is 5.75 Å². The summed E-state index contributed by atoms with van der Waals surface area (Å²) < 4.78 is 32.9. The molecule has 0 unspecified atom stereocenters. The van der Waals surface area contributed by atoms with E-state index >= 15 is 0 Å². The van der Waals surface area contributed by atoms with Gasteiger partial charge in [-0.3, -0.25) is 4.79 Å². The van der Waals surface area contributed by atoms with Crippen LogP contribution in [0.4, 0.5) is 10.5 Å². The Labute approximate surface area is 211 Å². The Bertz CT molecular complexity index is 1360. The lowest BCUT2D eigenvalue weighted by Crippen LogP contribution is -2.52. The van der Waals surface area contributed by atoms with Crippen molar-refractivity contribution >= 4 is 27.6 Å². The lowest BCUT2D eigenvalue weighted by atomic mass is 10.0. The fourth-order valence-electron chi connectivity index (χ4n) is 4.13. The summed E-state index contributed by atoms with van der Waals surface area (Å²) in [4.78, 5) is 27.7. The molecule has 0 aliphatic carbocycles. The van der Waals surface area contributed by atoms with Crippen LogP contribution in [0.3, 0.4) is 0 Å². The molecule has 3 amide bonds. The molecule has 36 heavy (non-hydrogen) atoms. The highest BCUT2D eigenvalue weighted by atomic mass is 32.2. The highest BCUT2D eigenvalue weighted by Crippen LogP contribution is 2.29. The number of nitrogens with zero attached hydrogens (tertiary/aromatic N) is 1. The topological polar surface area (TPSA) is 105 Å². The fourth-order valence-corrected chi connectivity index (χ4v) is 5.28. The number of hydrogen-bond donors (Lipinski definition) is 2. The summed E-state index contributed by atoms with van der Waals surface area (Å²) in [6.45, 7) is 2.41. The van der Waals surface area contributed by atoms with Gasteiger partial charge in [-0.2, -0.15) is 0 Å². The molecule has 0 saturated heterocycles. The third kappa shape index (κ3) is 6.23. The molecule has 1 aliphatic heterocycles. The molecule has 1 heterocycles. The number of sulfonamides is 1. The summed E-state index contributed by atoms with van der Waals surface area (Å²) in [6, 6.07) is 19.9. The predicted molar refractivity (Wildman–Crippen MR) is 138 cm³/mol. The van der Waals surface area contributed by atoms with Gasteiger partial charge in [0.15, 0.2) is 0 Å². The number of amides is 3. The molecule has 3 aromatic carbocycles. The van der Waals surface area contributed by atoms with Crippen LogP contribution in [-0.2, 0) is 33.4 Å². The third-order valence-corrected chi connectivity index (χ3v) is 7.32. The fraction of sp³-hybridized carbons (Fsp3) is 0.259. The molecule has 2 N–H and O–H groups in total. The maximum absolute atomic E-state index is 13.5. The molecule has 1 atom stereocenters. The van der Waals surface area contributed by atoms with E-state index < -0.39 is 22.1 Å². The van der Waals surface area contributed by atoms with Gasteiger partial charge in [0.2, 0.25) is 15.9 Å². The number of rotatable bonds is 8. The molecule has 0 radical (unpaired) electrons. The van der Waals surface area contributed by atoms with Gasteiger partial charge in [-0.15, -0.1) is 0 Å². The minimum atomic E-state index is -3.98. The van der Waals surface area contributed by atoms with E-state index in [9.17, 15) is 18.0 Å². The highest BCUT2D eigenvalue weighted by Gasteiger charge is 2.28. The Kier molecular flexibility index (Phi) is 7.59. The van der Waals surface area contributed by atoms with Gasteiger partial charge in [0, 0.05) is 25.6 Å². The molecule has 8 nitrogen and oxygen atoms in total. The normalized spacial score (nSPS) is 13.3. The molecular weight excluding hydrogens is 478 g/mol. The Balaban J connectivity index is 1.50. The van der Waals surface area contributed by atoms with Gasteiger partial charge in [0.1, 0.15) is 11.8 Å². The number of ether oxygens (including phenoxy) is 1. The number of likely N-dealkylation sites (N-methyl/N-ethyl adjacent to an activating group) is 1. The van der Waals surface area contributed by atoms with Gasteiger partial charge in [0.05, 0.1) is 12.4 Å². The van der Waals surface area contributed by atoms with Crippen molar-refractivity contribution in [2.45, 2.75) is 31.6 Å². The summed E-state index contributed by atoms with van der Waals surface area (Å²) >= 11 is 0. The number of aryl methyl sites for hydroxylation is 1. The first-order valence-electron chi connectivity index (χ1n) is 11.6. The standard InChI is InChI=1S/C27H29N3O5S/c1-19-8-6-7-11-22(19)18-36(33,34)29-27(32)28-24(16-20-9-4-3-5-10-20)26(31)30(2)23-12-13-25-21(17-23)14-15-35-25/h3-13,17,24H,14-16,18H2,1-2H3,(H2,28,29,32)/t24-/m0/s1. The van der Waals surface area contributed by atoms with Crippen LogP contribution in [0.1, 0.15) is 22.3 Å². The first-order valence-corrected chi connectivity index (χ1v) is 13.3. The van der Waals surface area contributed by atoms with Crippen LogP contribution in [0.25, 0.3) is 0 Å². The third-order valence-electron chi connectivity index (χ3n) is 6.13. The molecule has 0 fully saturated rings. The maximum Gasteiger partial charge on any atom is 0.329 e. The van der Waals surface area contributed by atoms with Crippen LogP contribution >= 0.6 is 0 Å². The van der Waals surface area contributed by atoms with E-state index in [1.165, 1.54) is 4.90 Å². The van der Waals surface area contributed by atoms with E-state index in [2.05, 4.69) is 10.0 Å². The number of hydrogen-bond acceptors (Lipinski definition) is 5. The number of fused-ring (bicyclic) bond motifs is 1. The number of anilines is 1. The van der Waals surface area contributed by atoms with Crippen molar-refractivity contribution in [3.05, 3.63) is 95.1 Å². The highest BCUT2D eigenvalue weighted by molar-refractivity contribution is 7.89. The van der Waals surface area contributed by atoms with Crippen LogP contribution in [0, 0.1) is 6.92 Å². The zero-order valence-corrected chi connectivity index (χ0v) is 21.0. The predicted octanol–water partition coefficient (Wildman–Crippen LogP) is 3.33. The number of carbonyl (C=O) groups is 2. The summed E-state index contributed by atoms with van der Waals surface area (Å²) in [5, 5.41) is 2.58. The van der Waals surface area contributed by atoms with Crippen molar-refractivity contribution in [3.63, 3.8) is 0 Å². The average molecular weight is 508 g/mol. The molecule has 1 aliphatic rings. The molecule has 4 rings (SSSR count). The molecule has 0 spiro atoms. The lowest BCUT2D eigenvalue weighted by molar-refractivity contribution is -0.120. The van der Waals surface area contributed by atoms with Crippen LogP contribution < -0.4 is 19.7 Å². The largest absolute Gasteiger partial charge is 0.493 e. The molecule has 0 bridgehead atoms. The molecular formula is C27H29N3O5S. The van der Waals surface area contributed by atoms with Crippen LogP contribution in [0.5, 0.6) is 5.75 Å². The Hall–Kier alpha value is -3.85. The second kappa shape index (κ2) is 10.8. The molecule has 3 aromatic rings. The van der Waals surface area contributed by atoms with Crippen LogP contribution in [0.2, 0.25) is 0 Å². The molecule has 9 heteroatoms. The minimum Gasteiger partial charge on any atom is -0.493 e. The van der Waals surface area contributed by atoms with Gasteiger partial charge in [-0.05, 0) is 47.4 Å². The summed E-state index contributed by atoms with van der Waals surface area (Å²) in [5.74, 6) is 0.0857. The van der Waals surface area contributed by atoms with Gasteiger partial charge < -0.3 is 15.0 Å². The van der Waals surface area contributed by atoms with Crippen molar-refractivity contribution in [1.82, 2.24) is 10.0 Å². The van der Waals surface area contributed by atoms with Crippen molar-refractivity contribution in [2.75, 3.05) is 18.6 Å². The monoisotopic (exact) mass is 507 g/mol. The molecule has 188 valence electrons.